The van der Waals surface area contributed by atoms with E-state index in [0.29, 0.717) is 46.1 Å². The van der Waals surface area contributed by atoms with Gasteiger partial charge in [-0.3, -0.25) is 9.36 Å². The van der Waals surface area contributed by atoms with Gasteiger partial charge in [-0.15, -0.1) is 0 Å². The van der Waals surface area contributed by atoms with E-state index < -0.39 is 12.0 Å². The number of methoxy groups -OCH3 is 2. The Bertz CT molecular complexity index is 1520. The maximum atomic E-state index is 13.7. The number of fused-ring (bicyclic) bond motifs is 1. The molecule has 2 aromatic heterocycles. The summed E-state index contributed by atoms with van der Waals surface area (Å²) in [4.78, 5) is 31.8. The average molecular weight is 738 g/mol. The summed E-state index contributed by atoms with van der Waals surface area (Å²) in [5.41, 5.74) is 1.06. The number of rotatable bonds is 6. The molecule has 184 valence electrons. The van der Waals surface area contributed by atoms with Crippen LogP contribution in [0.4, 0.5) is 0 Å². The Morgan fingerprint density at radius 2 is 1.91 bits per heavy atom. The zero-order chi connectivity index (χ0) is 25.4. The van der Waals surface area contributed by atoms with Gasteiger partial charge in [0.1, 0.15) is 5.76 Å². The predicted molar refractivity (Wildman–Crippen MR) is 147 cm³/mol. The number of hydrogen-bond acceptors (Lipinski definition) is 8. The molecule has 3 heterocycles. The van der Waals surface area contributed by atoms with Gasteiger partial charge in [-0.05, 0) is 53.5 Å². The minimum atomic E-state index is -0.801. The summed E-state index contributed by atoms with van der Waals surface area (Å²) in [6.07, 6.45) is 1.67. The van der Waals surface area contributed by atoms with Crippen LogP contribution in [-0.2, 0) is 9.53 Å². The van der Waals surface area contributed by atoms with Gasteiger partial charge >= 0.3 is 5.97 Å². The molecule has 3 aromatic rings. The van der Waals surface area contributed by atoms with Gasteiger partial charge < -0.3 is 18.6 Å². The van der Waals surface area contributed by atoms with Crippen LogP contribution in [-0.4, -0.2) is 31.4 Å². The number of benzene rings is 1. The number of carbonyl (C=O) groups excluding carboxylic acids is 1. The smallest absolute Gasteiger partial charge is 0.338 e. The van der Waals surface area contributed by atoms with Crippen LogP contribution in [0.2, 0.25) is 0 Å². The number of esters is 1. The molecular formula is C23H19Br2IN2O6S. The second-order valence-corrected chi connectivity index (χ2v) is 11.0. The number of nitrogens with zero attached hydrogens (tertiary/aromatic N) is 2. The fraction of sp³-hybridized carbons (Fsp3) is 0.261. The van der Waals surface area contributed by atoms with Gasteiger partial charge in [0.2, 0.25) is 0 Å². The van der Waals surface area contributed by atoms with E-state index in [9.17, 15) is 9.59 Å². The highest BCUT2D eigenvalue weighted by molar-refractivity contribution is 14.1. The van der Waals surface area contributed by atoms with Crippen LogP contribution >= 0.6 is 65.8 Å². The summed E-state index contributed by atoms with van der Waals surface area (Å²) >= 11 is 10.3. The number of aromatic nitrogens is 1. The molecule has 0 aliphatic carbocycles. The first-order valence-electron chi connectivity index (χ1n) is 10.3. The molecule has 1 atom stereocenters. The lowest BCUT2D eigenvalue weighted by molar-refractivity contribution is -0.139. The maximum Gasteiger partial charge on any atom is 0.338 e. The lowest BCUT2D eigenvalue weighted by Crippen LogP contribution is -2.40. The second-order valence-electron chi connectivity index (χ2n) is 7.30. The fourth-order valence-corrected chi connectivity index (χ4v) is 6.01. The number of hydrogen-bond donors (Lipinski definition) is 0. The number of halogens is 3. The molecule has 0 fully saturated rings. The molecule has 0 saturated heterocycles. The van der Waals surface area contributed by atoms with Crippen molar-refractivity contribution in [2.45, 2.75) is 19.9 Å². The molecule has 0 unspecified atom stereocenters. The Morgan fingerprint density at radius 3 is 2.51 bits per heavy atom. The number of furan rings is 1. The normalized spacial score (nSPS) is 15.6. The van der Waals surface area contributed by atoms with Crippen LogP contribution in [0.1, 0.15) is 31.2 Å². The molecule has 12 heteroatoms. The molecule has 0 N–H and O–H groups in total. The van der Waals surface area contributed by atoms with Gasteiger partial charge in [-0.2, -0.15) is 0 Å². The van der Waals surface area contributed by atoms with E-state index >= 15 is 0 Å². The zero-order valence-corrected chi connectivity index (χ0v) is 25.1. The summed E-state index contributed by atoms with van der Waals surface area (Å²) in [6, 6.07) is 4.47. The van der Waals surface area contributed by atoms with E-state index in [1.807, 2.05) is 0 Å². The van der Waals surface area contributed by atoms with E-state index in [1.54, 1.807) is 38.1 Å². The van der Waals surface area contributed by atoms with E-state index in [-0.39, 0.29) is 17.7 Å². The molecule has 35 heavy (non-hydrogen) atoms. The molecule has 1 aliphatic rings. The van der Waals surface area contributed by atoms with E-state index in [0.717, 1.165) is 4.47 Å². The first-order chi connectivity index (χ1) is 16.7. The minimum Gasteiger partial charge on any atom is -0.493 e. The summed E-state index contributed by atoms with van der Waals surface area (Å²) in [5, 5.41) is 0. The van der Waals surface area contributed by atoms with Crippen molar-refractivity contribution in [3.8, 4) is 11.5 Å². The maximum absolute atomic E-state index is 13.7. The molecule has 8 nitrogen and oxygen atoms in total. The summed E-state index contributed by atoms with van der Waals surface area (Å²) in [7, 11) is 3.06. The molecule has 1 aliphatic heterocycles. The van der Waals surface area contributed by atoms with Crippen molar-refractivity contribution in [2.24, 2.45) is 4.99 Å². The van der Waals surface area contributed by atoms with Crippen LogP contribution in [0.3, 0.4) is 0 Å². The third kappa shape index (κ3) is 4.89. The lowest BCUT2D eigenvalue weighted by atomic mass is 9.95. The molecule has 0 spiro atoms. The molecule has 0 bridgehead atoms. The van der Waals surface area contributed by atoms with Crippen LogP contribution in [0, 0.1) is 3.77 Å². The number of thiazole rings is 1. The second kappa shape index (κ2) is 10.6. The highest BCUT2D eigenvalue weighted by Gasteiger charge is 2.35. The highest BCUT2D eigenvalue weighted by Crippen LogP contribution is 2.40. The summed E-state index contributed by atoms with van der Waals surface area (Å²) < 4.78 is 26.0. The Hall–Kier alpha value is -1.90. The van der Waals surface area contributed by atoms with E-state index in [4.69, 9.17) is 18.6 Å². The summed E-state index contributed by atoms with van der Waals surface area (Å²) in [6.45, 7) is 3.65. The largest absolute Gasteiger partial charge is 0.493 e. The van der Waals surface area contributed by atoms with Crippen LogP contribution in [0.15, 0.2) is 52.6 Å². The van der Waals surface area contributed by atoms with Gasteiger partial charge in [-0.1, -0.05) is 27.3 Å². The van der Waals surface area contributed by atoms with E-state index in [2.05, 4.69) is 59.4 Å². The first kappa shape index (κ1) is 26.2. The molecule has 0 radical (unpaired) electrons. The Kier molecular flexibility index (Phi) is 7.93. The average Bonchev–Trinajstić information content (AvgIpc) is 3.30. The molecule has 0 saturated carbocycles. The zero-order valence-electron chi connectivity index (χ0n) is 19.0. The quantitative estimate of drug-likeness (QED) is 0.273. The number of ether oxygens (including phenoxy) is 3. The van der Waals surface area contributed by atoms with Crippen molar-refractivity contribution in [3.63, 3.8) is 0 Å². The highest BCUT2D eigenvalue weighted by atomic mass is 127. The van der Waals surface area contributed by atoms with Gasteiger partial charge in [0, 0.05) is 33.1 Å². The molecule has 4 rings (SSSR count). The van der Waals surface area contributed by atoms with Gasteiger partial charge in [0.25, 0.3) is 5.56 Å². The standard InChI is InChI=1S/C23H19Br2IN2O6S/c1-5-33-22(30)18-10(2)27-23-28(19(18)12-8-15(31-3)16(32-4)9-13(12)24)21(29)17(35-23)7-11-6-14(25)20(26)34-11/h6-9,19H,5H2,1-4H3/b17-7+/t19-/m1/s1. The topological polar surface area (TPSA) is 92.3 Å². The van der Waals surface area contributed by atoms with Crippen LogP contribution in [0.25, 0.3) is 6.08 Å². The van der Waals surface area contributed by atoms with Crippen molar-refractivity contribution in [1.29, 1.82) is 0 Å². The van der Waals surface area contributed by atoms with Crippen molar-refractivity contribution in [1.82, 2.24) is 4.57 Å². The van der Waals surface area contributed by atoms with E-state index in [1.165, 1.54) is 30.1 Å². The van der Waals surface area contributed by atoms with Crippen molar-refractivity contribution >= 4 is 77.8 Å². The van der Waals surface area contributed by atoms with Crippen LogP contribution < -0.4 is 24.4 Å². The Balaban J connectivity index is 2.01. The van der Waals surface area contributed by atoms with Gasteiger partial charge in [0.15, 0.2) is 20.1 Å². The molecule has 0 amide bonds. The first-order valence-corrected chi connectivity index (χ1v) is 13.7. The minimum absolute atomic E-state index is 0.186. The monoisotopic (exact) mass is 736 g/mol. The Morgan fingerprint density at radius 1 is 1.23 bits per heavy atom. The molecule has 1 aromatic carbocycles. The third-order valence-corrected chi connectivity index (χ3v) is 9.05. The number of carbonyl (C=O) groups is 1. The molecular weight excluding hydrogens is 719 g/mol. The SMILES string of the molecule is CCOC(=O)C1=C(C)N=c2s/c(=C/c3cc(Br)c(I)o3)c(=O)n2[C@@H]1c1cc(OC)c(OC)cc1Br. The summed E-state index contributed by atoms with van der Waals surface area (Å²) in [5.74, 6) is 0.948. The number of allylic oxidation sites excluding steroid dienone is 1. The fourth-order valence-electron chi connectivity index (χ4n) is 3.73. The van der Waals surface area contributed by atoms with Crippen LogP contribution in [0.5, 0.6) is 11.5 Å². The third-order valence-electron chi connectivity index (χ3n) is 5.25. The van der Waals surface area contributed by atoms with Gasteiger partial charge in [-0.25, -0.2) is 9.79 Å². The predicted octanol–water partition coefficient (Wildman–Crippen LogP) is 4.54. The lowest BCUT2D eigenvalue weighted by Gasteiger charge is -2.26. The Labute approximate surface area is 234 Å². The van der Waals surface area contributed by atoms with Crippen molar-refractivity contribution < 1.29 is 23.4 Å². The van der Waals surface area contributed by atoms with Crippen molar-refractivity contribution in [3.05, 3.63) is 73.2 Å². The van der Waals surface area contributed by atoms with Gasteiger partial charge in [0.05, 0.1) is 47.1 Å². The van der Waals surface area contributed by atoms with Crippen molar-refractivity contribution in [2.75, 3.05) is 20.8 Å².